The zero-order chi connectivity index (χ0) is 18.5. The smallest absolute Gasteiger partial charge is 0.335 e. The average Bonchev–Trinajstić information content (AvgIpc) is 2.66. The fourth-order valence-electron chi connectivity index (χ4n) is 2.43. The maximum atomic E-state index is 10.2. The number of hydrogen-bond donors (Lipinski definition) is 2. The number of rotatable bonds is 8. The molecule has 0 heterocycles. The first kappa shape index (κ1) is 20.7. The molecule has 136 valence electrons. The minimum atomic E-state index is -0.879. The van der Waals surface area contributed by atoms with Crippen molar-refractivity contribution in [2.75, 3.05) is 11.4 Å². The van der Waals surface area contributed by atoms with Gasteiger partial charge in [-0.25, -0.2) is 4.79 Å². The zero-order valence-corrected chi connectivity index (χ0v) is 15.1. The number of anilines is 1. The highest BCUT2D eigenvalue weighted by Crippen LogP contribution is 2.18. The van der Waals surface area contributed by atoms with E-state index < -0.39 is 5.97 Å². The fourth-order valence-corrected chi connectivity index (χ4v) is 2.43. The molecule has 0 spiro atoms. The van der Waals surface area contributed by atoms with Crippen molar-refractivity contribution < 1.29 is 15.0 Å². The molecule has 0 bridgehead atoms. The van der Waals surface area contributed by atoms with Crippen LogP contribution >= 0.6 is 0 Å². The summed E-state index contributed by atoms with van der Waals surface area (Å²) < 4.78 is 0. The highest BCUT2D eigenvalue weighted by Gasteiger charge is 2.14. The van der Waals surface area contributed by atoms with Crippen LogP contribution in [0.25, 0.3) is 0 Å². The van der Waals surface area contributed by atoms with E-state index in [9.17, 15) is 9.90 Å². The lowest BCUT2D eigenvalue weighted by Crippen LogP contribution is -2.35. The van der Waals surface area contributed by atoms with Crippen LogP contribution in [0.4, 0.5) is 5.69 Å². The van der Waals surface area contributed by atoms with Crippen molar-refractivity contribution in [2.24, 2.45) is 0 Å². The van der Waals surface area contributed by atoms with E-state index in [-0.39, 0.29) is 6.23 Å². The molecule has 1 unspecified atom stereocenters. The first-order valence-electron chi connectivity index (χ1n) is 8.88. The Labute approximate surface area is 150 Å². The summed E-state index contributed by atoms with van der Waals surface area (Å²) in [5.41, 5.74) is 1.45. The summed E-state index contributed by atoms with van der Waals surface area (Å²) >= 11 is 0. The van der Waals surface area contributed by atoms with Gasteiger partial charge in [0, 0.05) is 12.2 Å². The molecular weight excluding hydrogens is 314 g/mol. The maximum Gasteiger partial charge on any atom is 0.335 e. The van der Waals surface area contributed by atoms with Crippen molar-refractivity contribution in [3.8, 4) is 0 Å². The number of aliphatic hydroxyl groups excluding tert-OH is 1. The SMILES string of the molecule is CCCCC(O)N(CCC)c1ccccc1.O=C(O)c1ccccc1. The minimum absolute atomic E-state index is 0.331. The van der Waals surface area contributed by atoms with Gasteiger partial charge in [-0.1, -0.05) is 56.7 Å². The summed E-state index contributed by atoms with van der Waals surface area (Å²) in [7, 11) is 0. The normalized spacial score (nSPS) is 11.2. The predicted octanol–water partition coefficient (Wildman–Crippen LogP) is 4.80. The summed E-state index contributed by atoms with van der Waals surface area (Å²) in [6.45, 7) is 5.21. The Morgan fingerprint density at radius 3 is 1.96 bits per heavy atom. The van der Waals surface area contributed by atoms with E-state index in [2.05, 4.69) is 30.9 Å². The third kappa shape index (κ3) is 7.86. The van der Waals surface area contributed by atoms with Crippen molar-refractivity contribution in [3.05, 3.63) is 66.2 Å². The maximum absolute atomic E-state index is 10.2. The number of carbonyl (C=O) groups is 1. The number of aromatic carboxylic acids is 1. The second kappa shape index (κ2) is 12.1. The van der Waals surface area contributed by atoms with Gasteiger partial charge in [0.15, 0.2) is 0 Å². The van der Waals surface area contributed by atoms with E-state index in [1.165, 1.54) is 0 Å². The first-order chi connectivity index (χ1) is 12.1. The molecular formula is C21H29NO3. The van der Waals surface area contributed by atoms with Crippen molar-refractivity contribution >= 4 is 11.7 Å². The predicted molar refractivity (Wildman–Crippen MR) is 103 cm³/mol. The number of aliphatic hydroxyl groups is 1. The molecule has 0 saturated carbocycles. The zero-order valence-electron chi connectivity index (χ0n) is 15.1. The third-order valence-corrected chi connectivity index (χ3v) is 3.75. The van der Waals surface area contributed by atoms with Crippen LogP contribution in [0.1, 0.15) is 49.9 Å². The number of carboxylic acid groups (broad SMARTS) is 1. The van der Waals surface area contributed by atoms with Gasteiger partial charge in [0.05, 0.1) is 5.56 Å². The van der Waals surface area contributed by atoms with E-state index in [1.807, 2.05) is 18.2 Å². The molecule has 0 saturated heterocycles. The standard InChI is InChI=1S/C14H23NO.C7H6O2/c1-3-5-11-14(16)15(12-4-2)13-9-7-6-8-10-13;8-7(9)6-4-2-1-3-5-6/h6-10,14,16H,3-5,11-12H2,1-2H3;1-5H,(H,8,9). The number of unbranched alkanes of at least 4 members (excludes halogenated alkanes) is 1. The molecule has 0 radical (unpaired) electrons. The molecule has 0 fully saturated rings. The highest BCUT2D eigenvalue weighted by molar-refractivity contribution is 5.87. The Hall–Kier alpha value is -2.33. The quantitative estimate of drug-likeness (QED) is 0.676. The van der Waals surface area contributed by atoms with Crippen molar-refractivity contribution in [1.82, 2.24) is 0 Å². The Balaban J connectivity index is 0.000000293. The Bertz CT molecular complexity index is 587. The third-order valence-electron chi connectivity index (χ3n) is 3.75. The molecule has 0 amide bonds. The topological polar surface area (TPSA) is 60.8 Å². The molecule has 0 aromatic heterocycles. The molecule has 0 aliphatic carbocycles. The van der Waals surface area contributed by atoms with E-state index in [0.29, 0.717) is 5.56 Å². The number of nitrogens with zero attached hydrogens (tertiary/aromatic N) is 1. The van der Waals surface area contributed by atoms with Gasteiger partial charge >= 0.3 is 5.97 Å². The molecule has 2 rings (SSSR count). The summed E-state index contributed by atoms with van der Waals surface area (Å²) in [6.07, 6.45) is 3.77. The van der Waals surface area contributed by atoms with Crippen molar-refractivity contribution in [1.29, 1.82) is 0 Å². The van der Waals surface area contributed by atoms with Crippen LogP contribution in [-0.4, -0.2) is 29.0 Å². The summed E-state index contributed by atoms with van der Waals surface area (Å²) in [4.78, 5) is 12.3. The summed E-state index contributed by atoms with van der Waals surface area (Å²) in [6, 6.07) is 18.5. The molecule has 4 heteroatoms. The summed E-state index contributed by atoms with van der Waals surface area (Å²) in [5, 5.41) is 18.5. The van der Waals surface area contributed by atoms with Gasteiger partial charge in [-0.3, -0.25) is 0 Å². The number of para-hydroxylation sites is 1. The Morgan fingerprint density at radius 2 is 1.52 bits per heavy atom. The van der Waals surface area contributed by atoms with Gasteiger partial charge in [-0.2, -0.15) is 0 Å². The van der Waals surface area contributed by atoms with Crippen LogP contribution in [0, 0.1) is 0 Å². The van der Waals surface area contributed by atoms with Gasteiger partial charge < -0.3 is 15.1 Å². The van der Waals surface area contributed by atoms with Gasteiger partial charge in [0.1, 0.15) is 6.23 Å². The molecule has 0 aliphatic rings. The molecule has 2 N–H and O–H groups in total. The lowest BCUT2D eigenvalue weighted by molar-refractivity contribution is 0.0697. The Kier molecular flexibility index (Phi) is 10.0. The second-order valence-electron chi connectivity index (χ2n) is 5.82. The minimum Gasteiger partial charge on any atom is -0.478 e. The molecule has 25 heavy (non-hydrogen) atoms. The highest BCUT2D eigenvalue weighted by atomic mass is 16.4. The van der Waals surface area contributed by atoms with Gasteiger partial charge in [-0.15, -0.1) is 0 Å². The fraction of sp³-hybridized carbons (Fsp3) is 0.381. The van der Waals surface area contributed by atoms with Crippen LogP contribution in [0.2, 0.25) is 0 Å². The first-order valence-corrected chi connectivity index (χ1v) is 8.88. The molecule has 2 aromatic rings. The molecule has 2 aromatic carbocycles. The van der Waals surface area contributed by atoms with Crippen molar-refractivity contribution in [3.63, 3.8) is 0 Å². The lowest BCUT2D eigenvalue weighted by Gasteiger charge is -2.29. The van der Waals surface area contributed by atoms with E-state index in [4.69, 9.17) is 5.11 Å². The van der Waals surface area contributed by atoms with Crippen LogP contribution in [0.5, 0.6) is 0 Å². The van der Waals surface area contributed by atoms with Gasteiger partial charge in [0.25, 0.3) is 0 Å². The van der Waals surface area contributed by atoms with E-state index >= 15 is 0 Å². The molecule has 0 aliphatic heterocycles. The molecule has 1 atom stereocenters. The van der Waals surface area contributed by atoms with Crippen molar-refractivity contribution in [2.45, 2.75) is 45.8 Å². The number of hydrogen-bond acceptors (Lipinski definition) is 3. The monoisotopic (exact) mass is 343 g/mol. The Morgan fingerprint density at radius 1 is 0.960 bits per heavy atom. The summed E-state index contributed by atoms with van der Waals surface area (Å²) in [5.74, 6) is -0.879. The van der Waals surface area contributed by atoms with Gasteiger partial charge in [0.2, 0.25) is 0 Å². The van der Waals surface area contributed by atoms with Crippen LogP contribution in [0.3, 0.4) is 0 Å². The molecule has 4 nitrogen and oxygen atoms in total. The number of carboxylic acids is 1. The van der Waals surface area contributed by atoms with Crippen LogP contribution in [-0.2, 0) is 0 Å². The van der Waals surface area contributed by atoms with E-state index in [1.54, 1.807) is 30.3 Å². The number of benzene rings is 2. The van der Waals surface area contributed by atoms with Gasteiger partial charge in [-0.05, 0) is 43.5 Å². The largest absolute Gasteiger partial charge is 0.478 e. The van der Waals surface area contributed by atoms with Crippen LogP contribution < -0.4 is 4.90 Å². The lowest BCUT2D eigenvalue weighted by atomic mass is 10.2. The van der Waals surface area contributed by atoms with E-state index in [0.717, 1.165) is 37.9 Å². The second-order valence-corrected chi connectivity index (χ2v) is 5.82. The van der Waals surface area contributed by atoms with Crippen LogP contribution in [0.15, 0.2) is 60.7 Å². The average molecular weight is 343 g/mol.